The first kappa shape index (κ1) is 16.2. The summed E-state index contributed by atoms with van der Waals surface area (Å²) in [6, 6.07) is 5.31. The Hall–Kier alpha value is -1.82. The number of nitrogens with one attached hydrogen (secondary N) is 3. The van der Waals surface area contributed by atoms with Crippen molar-refractivity contribution in [2.24, 2.45) is 0 Å². The van der Waals surface area contributed by atoms with E-state index in [9.17, 15) is 4.79 Å². The highest BCUT2D eigenvalue weighted by molar-refractivity contribution is 5.83. The number of nitrogens with zero attached hydrogens (tertiary/aromatic N) is 1. The van der Waals surface area contributed by atoms with Gasteiger partial charge < -0.3 is 20.7 Å². The largest absolute Gasteiger partial charge is 0.383 e. The molecule has 1 aromatic rings. The quantitative estimate of drug-likeness (QED) is 0.597. The Morgan fingerprint density at radius 1 is 1.35 bits per heavy atom. The van der Waals surface area contributed by atoms with Crippen LogP contribution in [-0.4, -0.2) is 43.7 Å². The maximum Gasteiger partial charge on any atom is 0.242 e. The zero-order valence-electron chi connectivity index (χ0n) is 12.4. The number of rotatable bonds is 9. The minimum absolute atomic E-state index is 0.0734. The van der Waals surface area contributed by atoms with Crippen molar-refractivity contribution in [1.29, 1.82) is 0 Å². The molecule has 0 aromatic carbocycles. The van der Waals surface area contributed by atoms with Gasteiger partial charge in [0.1, 0.15) is 17.7 Å². The second-order valence-corrected chi connectivity index (χ2v) is 4.48. The SMILES string of the molecule is CCCNc1cccc(NC(C)C(=O)NCCOC)n1. The van der Waals surface area contributed by atoms with Gasteiger partial charge in [-0.2, -0.15) is 0 Å². The molecule has 0 fully saturated rings. The molecule has 0 saturated heterocycles. The molecular formula is C14H24N4O2. The van der Waals surface area contributed by atoms with Gasteiger partial charge in [-0.05, 0) is 25.5 Å². The van der Waals surface area contributed by atoms with E-state index >= 15 is 0 Å². The number of methoxy groups -OCH3 is 1. The average molecular weight is 280 g/mol. The van der Waals surface area contributed by atoms with Gasteiger partial charge >= 0.3 is 0 Å². The second kappa shape index (κ2) is 9.14. The van der Waals surface area contributed by atoms with Crippen LogP contribution < -0.4 is 16.0 Å². The number of ether oxygens (including phenoxy) is 1. The fraction of sp³-hybridized carbons (Fsp3) is 0.571. The minimum Gasteiger partial charge on any atom is -0.383 e. The van der Waals surface area contributed by atoms with Gasteiger partial charge in [-0.25, -0.2) is 4.98 Å². The van der Waals surface area contributed by atoms with Crippen LogP contribution in [0.25, 0.3) is 0 Å². The van der Waals surface area contributed by atoms with Crippen molar-refractivity contribution in [3.8, 4) is 0 Å². The molecule has 0 aliphatic rings. The van der Waals surface area contributed by atoms with Gasteiger partial charge in [0, 0.05) is 20.2 Å². The van der Waals surface area contributed by atoms with E-state index in [1.165, 1.54) is 0 Å². The molecule has 0 aliphatic heterocycles. The van der Waals surface area contributed by atoms with Crippen molar-refractivity contribution in [2.45, 2.75) is 26.3 Å². The number of hydrogen-bond donors (Lipinski definition) is 3. The molecule has 20 heavy (non-hydrogen) atoms. The number of pyridine rings is 1. The molecule has 1 rings (SSSR count). The van der Waals surface area contributed by atoms with Gasteiger partial charge in [-0.15, -0.1) is 0 Å². The van der Waals surface area contributed by atoms with Gasteiger partial charge in [0.15, 0.2) is 0 Å². The van der Waals surface area contributed by atoms with Crippen LogP contribution in [0.15, 0.2) is 18.2 Å². The van der Waals surface area contributed by atoms with Crippen molar-refractivity contribution in [2.75, 3.05) is 37.4 Å². The number of amides is 1. The second-order valence-electron chi connectivity index (χ2n) is 4.48. The van der Waals surface area contributed by atoms with E-state index in [0.717, 1.165) is 18.8 Å². The first-order chi connectivity index (χ1) is 9.67. The molecule has 0 saturated carbocycles. The number of carbonyl (C=O) groups is 1. The number of carbonyl (C=O) groups excluding carboxylic acids is 1. The van der Waals surface area contributed by atoms with E-state index in [1.807, 2.05) is 18.2 Å². The highest BCUT2D eigenvalue weighted by atomic mass is 16.5. The van der Waals surface area contributed by atoms with Crippen LogP contribution >= 0.6 is 0 Å². The van der Waals surface area contributed by atoms with Gasteiger partial charge in [0.05, 0.1) is 6.61 Å². The highest BCUT2D eigenvalue weighted by Gasteiger charge is 2.12. The van der Waals surface area contributed by atoms with E-state index in [1.54, 1.807) is 14.0 Å². The molecule has 1 atom stereocenters. The van der Waals surface area contributed by atoms with Gasteiger partial charge in [0.25, 0.3) is 0 Å². The molecule has 112 valence electrons. The Kier molecular flexibility index (Phi) is 7.42. The Morgan fingerprint density at radius 2 is 2.10 bits per heavy atom. The molecule has 0 spiro atoms. The number of aromatic nitrogens is 1. The maximum absolute atomic E-state index is 11.8. The van der Waals surface area contributed by atoms with E-state index in [4.69, 9.17) is 4.74 Å². The molecule has 1 amide bonds. The average Bonchev–Trinajstić information content (AvgIpc) is 2.45. The lowest BCUT2D eigenvalue weighted by Gasteiger charge is -2.15. The number of anilines is 2. The summed E-state index contributed by atoms with van der Waals surface area (Å²) in [5.74, 6) is 1.42. The van der Waals surface area contributed by atoms with Crippen LogP contribution in [0.2, 0.25) is 0 Å². The third-order valence-corrected chi connectivity index (χ3v) is 2.67. The summed E-state index contributed by atoms with van der Waals surface area (Å²) in [4.78, 5) is 16.2. The topological polar surface area (TPSA) is 75.3 Å². The Balaban J connectivity index is 2.48. The normalized spacial score (nSPS) is 11.8. The first-order valence-electron chi connectivity index (χ1n) is 6.91. The van der Waals surface area contributed by atoms with Crippen LogP contribution in [0.5, 0.6) is 0 Å². The van der Waals surface area contributed by atoms with E-state index in [2.05, 4.69) is 27.9 Å². The molecule has 0 aliphatic carbocycles. The van der Waals surface area contributed by atoms with Crippen molar-refractivity contribution < 1.29 is 9.53 Å². The van der Waals surface area contributed by atoms with E-state index in [-0.39, 0.29) is 11.9 Å². The van der Waals surface area contributed by atoms with Crippen molar-refractivity contribution in [3.05, 3.63) is 18.2 Å². The third kappa shape index (κ3) is 5.88. The van der Waals surface area contributed by atoms with E-state index in [0.29, 0.717) is 19.0 Å². The molecule has 3 N–H and O–H groups in total. The zero-order valence-corrected chi connectivity index (χ0v) is 12.4. The molecule has 6 nitrogen and oxygen atoms in total. The summed E-state index contributed by atoms with van der Waals surface area (Å²) >= 11 is 0. The molecular weight excluding hydrogens is 256 g/mol. The molecule has 1 aromatic heterocycles. The van der Waals surface area contributed by atoms with Gasteiger partial charge in [0.2, 0.25) is 5.91 Å². The van der Waals surface area contributed by atoms with Crippen LogP contribution in [0.4, 0.5) is 11.6 Å². The Morgan fingerprint density at radius 3 is 2.80 bits per heavy atom. The van der Waals surface area contributed by atoms with Crippen LogP contribution in [0.3, 0.4) is 0 Å². The number of hydrogen-bond acceptors (Lipinski definition) is 5. The molecule has 0 bridgehead atoms. The first-order valence-corrected chi connectivity index (χ1v) is 6.91. The summed E-state index contributed by atoms with van der Waals surface area (Å²) in [6.07, 6.45) is 1.04. The maximum atomic E-state index is 11.8. The summed E-state index contributed by atoms with van der Waals surface area (Å²) < 4.78 is 4.89. The predicted molar refractivity (Wildman–Crippen MR) is 81.0 cm³/mol. The molecule has 1 unspecified atom stereocenters. The Labute approximate surface area is 120 Å². The minimum atomic E-state index is -0.346. The van der Waals surface area contributed by atoms with Crippen molar-refractivity contribution >= 4 is 17.5 Å². The summed E-state index contributed by atoms with van der Waals surface area (Å²) in [7, 11) is 1.60. The molecule has 6 heteroatoms. The van der Waals surface area contributed by atoms with Crippen LogP contribution in [-0.2, 0) is 9.53 Å². The molecule has 1 heterocycles. The lowest BCUT2D eigenvalue weighted by Crippen LogP contribution is -2.39. The Bertz CT molecular complexity index is 412. The van der Waals surface area contributed by atoms with Gasteiger partial charge in [-0.1, -0.05) is 13.0 Å². The standard InChI is InChI=1S/C14H24N4O2/c1-4-8-15-12-6-5-7-13(18-12)17-11(2)14(19)16-9-10-20-3/h5-7,11H,4,8-10H2,1-3H3,(H,16,19)(H2,15,17,18). The fourth-order valence-corrected chi connectivity index (χ4v) is 1.58. The molecule has 0 radical (unpaired) electrons. The third-order valence-electron chi connectivity index (χ3n) is 2.67. The van der Waals surface area contributed by atoms with Gasteiger partial charge in [-0.3, -0.25) is 4.79 Å². The van der Waals surface area contributed by atoms with E-state index < -0.39 is 0 Å². The lowest BCUT2D eigenvalue weighted by molar-refractivity contribution is -0.121. The predicted octanol–water partition coefficient (Wildman–Crippen LogP) is 1.47. The smallest absolute Gasteiger partial charge is 0.242 e. The summed E-state index contributed by atoms with van der Waals surface area (Å²) in [5, 5.41) is 9.07. The van der Waals surface area contributed by atoms with Crippen LogP contribution in [0.1, 0.15) is 20.3 Å². The van der Waals surface area contributed by atoms with Crippen molar-refractivity contribution in [1.82, 2.24) is 10.3 Å². The highest BCUT2D eigenvalue weighted by Crippen LogP contribution is 2.10. The summed E-state index contributed by atoms with van der Waals surface area (Å²) in [5.41, 5.74) is 0. The summed E-state index contributed by atoms with van der Waals surface area (Å²) in [6.45, 7) is 5.79. The zero-order chi connectivity index (χ0) is 14.8. The fourth-order valence-electron chi connectivity index (χ4n) is 1.58. The monoisotopic (exact) mass is 280 g/mol. The lowest BCUT2D eigenvalue weighted by atomic mass is 10.3. The van der Waals surface area contributed by atoms with Crippen molar-refractivity contribution in [3.63, 3.8) is 0 Å². The van der Waals surface area contributed by atoms with Crippen LogP contribution in [0, 0.1) is 0 Å².